The third-order valence-electron chi connectivity index (χ3n) is 8.29. The van der Waals surface area contributed by atoms with Crippen molar-refractivity contribution in [2.45, 2.75) is 6.54 Å². The third kappa shape index (κ3) is 6.06. The Bertz CT molecular complexity index is 1710. The summed E-state index contributed by atoms with van der Waals surface area (Å²) in [4.78, 5) is 35.3. The highest BCUT2D eigenvalue weighted by molar-refractivity contribution is 7.80. The molecular weight excluding hydrogens is 576 g/mol. The smallest absolute Gasteiger partial charge is 0.267 e. The van der Waals surface area contributed by atoms with Crippen molar-refractivity contribution in [2.75, 3.05) is 65.9 Å². The number of H-pyrrole nitrogens is 1. The van der Waals surface area contributed by atoms with Crippen LogP contribution in [0.1, 0.15) is 26.4 Å². The molecule has 0 aliphatic carbocycles. The van der Waals surface area contributed by atoms with Crippen molar-refractivity contribution in [1.82, 2.24) is 25.0 Å². The molecule has 228 valence electrons. The van der Waals surface area contributed by atoms with E-state index in [0.29, 0.717) is 47.5 Å². The van der Waals surface area contributed by atoms with Gasteiger partial charge in [0.05, 0.1) is 14.2 Å². The molecule has 11 heteroatoms. The average molecular weight is 613 g/mol. The van der Waals surface area contributed by atoms with E-state index in [2.05, 4.69) is 27.6 Å². The number of likely N-dealkylation sites (N-methyl/N-ethyl adjacent to an activating group) is 1. The van der Waals surface area contributed by atoms with Crippen molar-refractivity contribution in [2.24, 2.45) is 0 Å². The summed E-state index contributed by atoms with van der Waals surface area (Å²) in [6, 6.07) is 19.5. The number of carbonyl (C=O) groups excluding carboxylic acids is 2. The number of rotatable bonds is 8. The van der Waals surface area contributed by atoms with Gasteiger partial charge in [-0.05, 0) is 66.3 Å². The number of benzene rings is 3. The Morgan fingerprint density at radius 1 is 0.909 bits per heavy atom. The van der Waals surface area contributed by atoms with Gasteiger partial charge in [0.25, 0.3) is 11.8 Å². The van der Waals surface area contributed by atoms with Gasteiger partial charge in [-0.1, -0.05) is 24.3 Å². The van der Waals surface area contributed by atoms with Crippen LogP contribution in [-0.2, 0) is 6.54 Å². The zero-order valence-electron chi connectivity index (χ0n) is 25.1. The van der Waals surface area contributed by atoms with Gasteiger partial charge in [0, 0.05) is 74.0 Å². The highest BCUT2D eigenvalue weighted by Crippen LogP contribution is 2.36. The molecule has 0 bridgehead atoms. The van der Waals surface area contributed by atoms with Crippen LogP contribution in [0.5, 0.6) is 11.5 Å². The van der Waals surface area contributed by atoms with Crippen molar-refractivity contribution in [3.8, 4) is 22.6 Å². The Kier molecular flexibility index (Phi) is 8.40. The van der Waals surface area contributed by atoms with Gasteiger partial charge < -0.3 is 39.8 Å². The summed E-state index contributed by atoms with van der Waals surface area (Å²) < 4.78 is 10.8. The third-order valence-corrected chi connectivity index (χ3v) is 8.65. The lowest BCUT2D eigenvalue weighted by atomic mass is 10.0. The number of hydrogen-bond acceptors (Lipinski definition) is 6. The molecule has 2 aliphatic rings. The van der Waals surface area contributed by atoms with Crippen LogP contribution in [0.2, 0.25) is 0 Å². The zero-order chi connectivity index (χ0) is 30.8. The predicted octanol–water partition coefficient (Wildman–Crippen LogP) is 4.18. The maximum absolute atomic E-state index is 13.0. The van der Waals surface area contributed by atoms with Crippen molar-refractivity contribution in [3.63, 3.8) is 0 Å². The molecule has 0 spiro atoms. The molecule has 6 rings (SSSR count). The summed E-state index contributed by atoms with van der Waals surface area (Å²) in [7, 11) is 5.29. The molecule has 3 aromatic carbocycles. The number of nitrogens with one attached hydrogen (secondary N) is 3. The van der Waals surface area contributed by atoms with Gasteiger partial charge in [-0.2, -0.15) is 0 Å². The van der Waals surface area contributed by atoms with Crippen LogP contribution in [0.25, 0.3) is 22.0 Å². The van der Waals surface area contributed by atoms with E-state index < -0.39 is 0 Å². The van der Waals surface area contributed by atoms with Gasteiger partial charge in [0.15, 0.2) is 16.6 Å². The van der Waals surface area contributed by atoms with E-state index in [1.54, 1.807) is 14.2 Å². The zero-order valence-corrected chi connectivity index (χ0v) is 25.9. The second-order valence-corrected chi connectivity index (χ2v) is 11.5. The lowest BCUT2D eigenvalue weighted by molar-refractivity contribution is 0.0664. The molecular formula is C33H36N6O4S. The SMILES string of the molecule is COc1cc2c(cc1OC)NC(=S)N(CCNC(=O)c1cc3ccc(-c4ccc(C(=O)N5CCN(C)CC5)cc4)cc3[nH]1)C2. The number of carbonyl (C=O) groups is 2. The van der Waals surface area contributed by atoms with E-state index >= 15 is 0 Å². The summed E-state index contributed by atoms with van der Waals surface area (Å²) in [6.07, 6.45) is 0. The van der Waals surface area contributed by atoms with Crippen LogP contribution in [-0.4, -0.2) is 97.1 Å². The van der Waals surface area contributed by atoms with Gasteiger partial charge in [-0.3, -0.25) is 9.59 Å². The van der Waals surface area contributed by atoms with Crippen LogP contribution >= 0.6 is 12.2 Å². The topological polar surface area (TPSA) is 102 Å². The average Bonchev–Trinajstić information content (AvgIpc) is 3.48. The van der Waals surface area contributed by atoms with Crippen molar-refractivity contribution < 1.29 is 19.1 Å². The number of methoxy groups -OCH3 is 2. The van der Waals surface area contributed by atoms with E-state index in [4.69, 9.17) is 21.7 Å². The van der Waals surface area contributed by atoms with Gasteiger partial charge in [-0.25, -0.2) is 0 Å². The highest BCUT2D eigenvalue weighted by Gasteiger charge is 2.23. The fourth-order valence-corrected chi connectivity index (χ4v) is 5.91. The number of hydrogen-bond donors (Lipinski definition) is 3. The largest absolute Gasteiger partial charge is 0.493 e. The Labute approximate surface area is 261 Å². The Hall–Kier alpha value is -4.61. The van der Waals surface area contributed by atoms with Gasteiger partial charge in [0.1, 0.15) is 5.69 Å². The number of nitrogens with zero attached hydrogens (tertiary/aromatic N) is 3. The normalized spacial score (nSPS) is 15.1. The summed E-state index contributed by atoms with van der Waals surface area (Å²) in [5.74, 6) is 1.18. The quantitative estimate of drug-likeness (QED) is 0.255. The molecule has 2 amide bonds. The first-order valence-electron chi connectivity index (χ1n) is 14.6. The number of anilines is 1. The second-order valence-electron chi connectivity index (χ2n) is 11.1. The lowest BCUT2D eigenvalue weighted by Crippen LogP contribution is -2.47. The molecule has 1 fully saturated rings. The Morgan fingerprint density at radius 3 is 2.34 bits per heavy atom. The van der Waals surface area contributed by atoms with Crippen molar-refractivity contribution in [1.29, 1.82) is 0 Å². The summed E-state index contributed by atoms with van der Waals surface area (Å²) in [5, 5.41) is 7.79. The first kappa shape index (κ1) is 29.5. The number of piperazine rings is 1. The molecule has 0 radical (unpaired) electrons. The van der Waals surface area contributed by atoms with Crippen LogP contribution in [0.4, 0.5) is 5.69 Å². The van der Waals surface area contributed by atoms with Gasteiger partial charge >= 0.3 is 0 Å². The Morgan fingerprint density at radius 2 is 1.61 bits per heavy atom. The van der Waals surface area contributed by atoms with Crippen LogP contribution < -0.4 is 20.1 Å². The molecule has 0 saturated carbocycles. The molecule has 0 atom stereocenters. The summed E-state index contributed by atoms with van der Waals surface area (Å²) in [6.45, 7) is 4.85. The van der Waals surface area contributed by atoms with Crippen molar-refractivity contribution in [3.05, 3.63) is 77.5 Å². The van der Waals surface area contributed by atoms with E-state index in [1.165, 1.54) is 0 Å². The second kappa shape index (κ2) is 12.6. The number of aromatic nitrogens is 1. The molecule has 3 N–H and O–H groups in total. The highest BCUT2D eigenvalue weighted by atomic mass is 32.1. The fraction of sp³-hybridized carbons (Fsp3) is 0.303. The maximum Gasteiger partial charge on any atom is 0.267 e. The summed E-state index contributed by atoms with van der Waals surface area (Å²) >= 11 is 5.57. The van der Waals surface area contributed by atoms with Crippen molar-refractivity contribution >= 4 is 45.7 Å². The molecule has 4 aromatic rings. The predicted molar refractivity (Wildman–Crippen MR) is 176 cm³/mol. The monoisotopic (exact) mass is 612 g/mol. The van der Waals surface area contributed by atoms with Crippen LogP contribution in [0, 0.1) is 0 Å². The van der Waals surface area contributed by atoms with Crippen LogP contribution in [0.15, 0.2) is 60.7 Å². The molecule has 44 heavy (non-hydrogen) atoms. The number of ether oxygens (including phenoxy) is 2. The minimum Gasteiger partial charge on any atom is -0.493 e. The van der Waals surface area contributed by atoms with E-state index in [9.17, 15) is 9.59 Å². The fourth-order valence-electron chi connectivity index (χ4n) is 5.65. The lowest BCUT2D eigenvalue weighted by Gasteiger charge is -2.32. The molecule has 1 aromatic heterocycles. The molecule has 3 heterocycles. The first-order valence-corrected chi connectivity index (χ1v) is 15.0. The molecule has 2 aliphatic heterocycles. The van der Waals surface area contributed by atoms with Crippen LogP contribution in [0.3, 0.4) is 0 Å². The Balaban J connectivity index is 1.07. The minimum atomic E-state index is -0.183. The van der Waals surface area contributed by atoms with Gasteiger partial charge in [-0.15, -0.1) is 0 Å². The molecule has 10 nitrogen and oxygen atoms in total. The maximum atomic E-state index is 13.0. The standard InChI is InChI=1S/C33H36N6O4S/c1-37-12-14-38(15-13-37)32(41)22-6-4-21(5-7-22)23-8-9-24-17-28(35-26(24)16-23)31(40)34-10-11-39-20-25-18-29(42-2)30(43-3)19-27(25)36-33(39)44/h4-9,16-19,35H,10-15,20H2,1-3H3,(H,34,40)(H,36,44). The first-order chi connectivity index (χ1) is 21.3. The van der Waals surface area contributed by atoms with Gasteiger partial charge in [0.2, 0.25) is 0 Å². The number of aromatic amines is 1. The number of fused-ring (bicyclic) bond motifs is 2. The minimum absolute atomic E-state index is 0.0733. The van der Waals surface area contributed by atoms with E-state index in [1.807, 2.05) is 70.5 Å². The molecule has 0 unspecified atom stereocenters. The number of amides is 2. The van der Waals surface area contributed by atoms with E-state index in [-0.39, 0.29) is 11.8 Å². The van der Waals surface area contributed by atoms with E-state index in [0.717, 1.165) is 59.5 Å². The number of thiocarbonyl (C=S) groups is 1. The summed E-state index contributed by atoms with van der Waals surface area (Å²) in [5.41, 5.74) is 5.99. The molecule has 1 saturated heterocycles.